The molecule has 3 N–H and O–H groups in total. The van der Waals surface area contributed by atoms with Crippen molar-refractivity contribution in [1.29, 1.82) is 0 Å². The number of benzene rings is 2. The van der Waals surface area contributed by atoms with Crippen molar-refractivity contribution in [2.75, 3.05) is 6.61 Å². The van der Waals surface area contributed by atoms with Gasteiger partial charge in [0, 0.05) is 18.0 Å². The molecule has 2 aromatic rings. The molecule has 1 unspecified atom stereocenters. The second-order valence-corrected chi connectivity index (χ2v) is 9.89. The van der Waals surface area contributed by atoms with E-state index in [1.54, 1.807) is 20.8 Å². The van der Waals surface area contributed by atoms with Crippen molar-refractivity contribution >= 4 is 18.0 Å². The second-order valence-electron chi connectivity index (χ2n) is 9.89. The van der Waals surface area contributed by atoms with Gasteiger partial charge < -0.3 is 20.5 Å². The number of fused-ring (bicyclic) bond motifs is 3. The third kappa shape index (κ3) is 5.41. The Labute approximate surface area is 200 Å². The molecule has 0 radical (unpaired) electrons. The molecule has 1 aliphatic carbocycles. The quantitative estimate of drug-likeness (QED) is 0.503. The first-order valence-corrected chi connectivity index (χ1v) is 11.7. The maximum absolute atomic E-state index is 12.9. The molecule has 2 atom stereocenters. The molecular formula is C27H34N2O5. The van der Waals surface area contributed by atoms with Gasteiger partial charge in [-0.3, -0.25) is 9.59 Å². The monoisotopic (exact) mass is 466 g/mol. The minimum atomic E-state index is -0.984. The molecule has 0 aliphatic heterocycles. The van der Waals surface area contributed by atoms with Crippen LogP contribution in [0.25, 0.3) is 11.1 Å². The summed E-state index contributed by atoms with van der Waals surface area (Å²) >= 11 is 0. The van der Waals surface area contributed by atoms with Crippen molar-refractivity contribution < 1.29 is 24.2 Å². The molecule has 0 saturated carbocycles. The van der Waals surface area contributed by atoms with E-state index in [4.69, 9.17) is 9.84 Å². The SMILES string of the molecule is CC(C)C(NC(=O)OCC1c2ccccc2-c2ccccc21)C(C)(C)C(=O)N[C@H](C)CC(=O)O. The number of nitrogens with one attached hydrogen (secondary N) is 2. The topological polar surface area (TPSA) is 105 Å². The normalized spacial score (nSPS) is 14.6. The van der Waals surface area contributed by atoms with Gasteiger partial charge in [0.2, 0.25) is 5.91 Å². The lowest BCUT2D eigenvalue weighted by Crippen LogP contribution is -2.56. The predicted octanol–water partition coefficient (Wildman–Crippen LogP) is 4.56. The standard InChI is InChI=1S/C27H34N2O5/c1-16(2)24(27(4,5)25(32)28-17(3)14-23(30)31)29-26(33)34-15-22-20-12-8-6-10-18(20)19-11-7-9-13-21(19)22/h6-13,16-17,22,24H,14-15H2,1-5H3,(H,28,32)(H,29,33)(H,30,31)/t17-,24?/m1/s1. The zero-order valence-electron chi connectivity index (χ0n) is 20.4. The number of hydrogen-bond acceptors (Lipinski definition) is 4. The average Bonchev–Trinajstić information content (AvgIpc) is 3.09. The Morgan fingerprint density at radius 1 is 0.941 bits per heavy atom. The van der Waals surface area contributed by atoms with Crippen molar-refractivity contribution in [2.24, 2.45) is 11.3 Å². The first kappa shape index (κ1) is 25.3. The number of carbonyl (C=O) groups excluding carboxylic acids is 2. The van der Waals surface area contributed by atoms with Crippen LogP contribution in [0.5, 0.6) is 0 Å². The van der Waals surface area contributed by atoms with Gasteiger partial charge in [-0.05, 0) is 48.9 Å². The van der Waals surface area contributed by atoms with Crippen LogP contribution in [0.3, 0.4) is 0 Å². The summed E-state index contributed by atoms with van der Waals surface area (Å²) in [6.07, 6.45) is -0.756. The van der Waals surface area contributed by atoms with E-state index in [-0.39, 0.29) is 30.8 Å². The lowest BCUT2D eigenvalue weighted by molar-refractivity contribution is -0.138. The highest BCUT2D eigenvalue weighted by Gasteiger charge is 2.40. The van der Waals surface area contributed by atoms with Crippen LogP contribution < -0.4 is 10.6 Å². The summed E-state index contributed by atoms with van der Waals surface area (Å²) in [5.74, 6) is -1.42. The van der Waals surface area contributed by atoms with Crippen molar-refractivity contribution in [3.63, 3.8) is 0 Å². The van der Waals surface area contributed by atoms with Crippen LogP contribution in [-0.4, -0.2) is 41.8 Å². The maximum atomic E-state index is 12.9. The van der Waals surface area contributed by atoms with E-state index >= 15 is 0 Å². The van der Waals surface area contributed by atoms with Gasteiger partial charge in [-0.2, -0.15) is 0 Å². The van der Waals surface area contributed by atoms with Crippen LogP contribution in [0.1, 0.15) is 58.1 Å². The Kier molecular flexibility index (Phi) is 7.64. The Morgan fingerprint density at radius 3 is 1.97 bits per heavy atom. The zero-order valence-corrected chi connectivity index (χ0v) is 20.4. The van der Waals surface area contributed by atoms with Crippen LogP contribution in [0.2, 0.25) is 0 Å². The second kappa shape index (κ2) is 10.3. The Morgan fingerprint density at radius 2 is 1.47 bits per heavy atom. The smallest absolute Gasteiger partial charge is 0.407 e. The number of carboxylic acids is 1. The third-order valence-electron chi connectivity index (χ3n) is 6.50. The van der Waals surface area contributed by atoms with Crippen LogP contribution in [0.4, 0.5) is 4.79 Å². The third-order valence-corrected chi connectivity index (χ3v) is 6.50. The molecule has 2 amide bonds. The van der Waals surface area contributed by atoms with Gasteiger partial charge in [0.25, 0.3) is 0 Å². The molecule has 182 valence electrons. The fourth-order valence-electron chi connectivity index (χ4n) is 4.81. The van der Waals surface area contributed by atoms with Crippen LogP contribution >= 0.6 is 0 Å². The van der Waals surface area contributed by atoms with E-state index in [0.717, 1.165) is 22.3 Å². The van der Waals surface area contributed by atoms with Crippen molar-refractivity contribution in [1.82, 2.24) is 10.6 Å². The predicted molar refractivity (Wildman–Crippen MR) is 130 cm³/mol. The number of aliphatic carboxylic acids is 1. The molecule has 34 heavy (non-hydrogen) atoms. The Bertz CT molecular complexity index is 1020. The van der Waals surface area contributed by atoms with Crippen LogP contribution in [0, 0.1) is 11.3 Å². The van der Waals surface area contributed by atoms with Gasteiger partial charge in [0.05, 0.1) is 11.8 Å². The van der Waals surface area contributed by atoms with E-state index in [9.17, 15) is 14.4 Å². The average molecular weight is 467 g/mol. The molecule has 0 aromatic heterocycles. The van der Waals surface area contributed by atoms with Crippen molar-refractivity contribution in [3.05, 3.63) is 59.7 Å². The zero-order chi connectivity index (χ0) is 25.0. The summed E-state index contributed by atoms with van der Waals surface area (Å²) in [5, 5.41) is 14.6. The fourth-order valence-corrected chi connectivity index (χ4v) is 4.81. The molecule has 0 bridgehead atoms. The largest absolute Gasteiger partial charge is 0.481 e. The first-order valence-electron chi connectivity index (χ1n) is 11.7. The van der Waals surface area contributed by atoms with Gasteiger partial charge in [-0.25, -0.2) is 4.79 Å². The lowest BCUT2D eigenvalue weighted by Gasteiger charge is -2.36. The number of rotatable bonds is 9. The van der Waals surface area contributed by atoms with Gasteiger partial charge in [0.15, 0.2) is 0 Å². The Balaban J connectivity index is 1.68. The van der Waals surface area contributed by atoms with Gasteiger partial charge in [-0.1, -0.05) is 62.4 Å². The summed E-state index contributed by atoms with van der Waals surface area (Å²) in [7, 11) is 0. The number of alkyl carbamates (subject to hydrolysis) is 1. The number of carbonyl (C=O) groups is 3. The highest BCUT2D eigenvalue weighted by molar-refractivity contribution is 5.84. The number of amides is 2. The summed E-state index contributed by atoms with van der Waals surface area (Å²) in [6, 6.07) is 15.2. The molecule has 0 heterocycles. The molecule has 2 aromatic carbocycles. The molecule has 0 saturated heterocycles. The summed E-state index contributed by atoms with van der Waals surface area (Å²) in [5.41, 5.74) is 3.58. The van der Waals surface area contributed by atoms with E-state index in [2.05, 4.69) is 34.9 Å². The van der Waals surface area contributed by atoms with E-state index in [0.29, 0.717) is 0 Å². The van der Waals surface area contributed by atoms with Crippen LogP contribution in [-0.2, 0) is 14.3 Å². The lowest BCUT2D eigenvalue weighted by atomic mass is 9.77. The fraction of sp³-hybridized carbons (Fsp3) is 0.444. The number of hydrogen-bond donors (Lipinski definition) is 3. The highest BCUT2D eigenvalue weighted by atomic mass is 16.5. The number of carboxylic acid groups (broad SMARTS) is 1. The van der Waals surface area contributed by atoms with Crippen molar-refractivity contribution in [2.45, 2.75) is 59.0 Å². The van der Waals surface area contributed by atoms with Crippen molar-refractivity contribution in [3.8, 4) is 11.1 Å². The molecule has 7 heteroatoms. The van der Waals surface area contributed by atoms with Gasteiger partial charge >= 0.3 is 12.1 Å². The minimum Gasteiger partial charge on any atom is -0.481 e. The van der Waals surface area contributed by atoms with E-state index in [1.165, 1.54) is 0 Å². The van der Waals surface area contributed by atoms with Gasteiger partial charge in [-0.15, -0.1) is 0 Å². The molecule has 3 rings (SSSR count). The first-order chi connectivity index (χ1) is 16.0. The Hall–Kier alpha value is -3.35. The molecule has 1 aliphatic rings. The van der Waals surface area contributed by atoms with Crippen LogP contribution in [0.15, 0.2) is 48.5 Å². The number of ether oxygens (including phenoxy) is 1. The van der Waals surface area contributed by atoms with E-state index < -0.39 is 29.6 Å². The minimum absolute atomic E-state index is 0.0520. The molecule has 0 fully saturated rings. The molecule has 0 spiro atoms. The molecular weight excluding hydrogens is 432 g/mol. The highest BCUT2D eigenvalue weighted by Crippen LogP contribution is 2.44. The maximum Gasteiger partial charge on any atom is 0.407 e. The summed E-state index contributed by atoms with van der Waals surface area (Å²) in [4.78, 5) is 36.7. The van der Waals surface area contributed by atoms with Gasteiger partial charge in [0.1, 0.15) is 6.61 Å². The molecule has 7 nitrogen and oxygen atoms in total. The summed E-state index contributed by atoms with van der Waals surface area (Å²) in [6.45, 7) is 9.15. The summed E-state index contributed by atoms with van der Waals surface area (Å²) < 4.78 is 5.67. The van der Waals surface area contributed by atoms with E-state index in [1.807, 2.05) is 38.1 Å².